The molecule has 0 amide bonds. The molecule has 2 fully saturated rings. The van der Waals surface area contributed by atoms with Crippen LogP contribution in [0.2, 0.25) is 0 Å². The summed E-state index contributed by atoms with van der Waals surface area (Å²) in [5, 5.41) is 15.4. The van der Waals surface area contributed by atoms with Crippen LogP contribution in [-0.4, -0.2) is 48.3 Å². The number of carbonyl (C=O) groups is 1. The first kappa shape index (κ1) is 24.3. The van der Waals surface area contributed by atoms with Crippen molar-refractivity contribution in [1.82, 2.24) is 4.90 Å². The van der Waals surface area contributed by atoms with Gasteiger partial charge in [0.05, 0.1) is 16.4 Å². The number of hydrogen-bond donors (Lipinski definition) is 2. The highest BCUT2D eigenvalue weighted by molar-refractivity contribution is 7.12. The molecular weight excluding hydrogens is 480 g/mol. The number of fused-ring (bicyclic) bond motifs is 2. The number of anilines is 1. The average Bonchev–Trinajstić information content (AvgIpc) is 3.68. The van der Waals surface area contributed by atoms with Gasteiger partial charge in [0.25, 0.3) is 0 Å². The highest BCUT2D eigenvalue weighted by Gasteiger charge is 2.54. The second-order valence-corrected chi connectivity index (χ2v) is 11.5. The third-order valence-corrected chi connectivity index (χ3v) is 9.42. The predicted octanol–water partition coefficient (Wildman–Crippen LogP) is 4.74. The molecule has 6 nitrogen and oxygen atoms in total. The van der Waals surface area contributed by atoms with Crippen molar-refractivity contribution < 1.29 is 19.4 Å². The van der Waals surface area contributed by atoms with Crippen molar-refractivity contribution in [2.45, 2.75) is 43.4 Å². The van der Waals surface area contributed by atoms with E-state index < -0.39 is 11.6 Å². The Morgan fingerprint density at radius 3 is 2.43 bits per heavy atom. The first-order valence-corrected chi connectivity index (χ1v) is 13.9. The Kier molecular flexibility index (Phi) is 7.16. The number of rotatable bonds is 10. The smallest absolute Gasteiger partial charge is 0.349 e. The summed E-state index contributed by atoms with van der Waals surface area (Å²) in [6.07, 6.45) is 3.91. The number of carbonyl (C=O) groups excluding carboxylic acids is 1. The molecule has 0 aliphatic heterocycles. The van der Waals surface area contributed by atoms with Gasteiger partial charge in [-0.15, -0.1) is 22.7 Å². The van der Waals surface area contributed by atoms with Crippen molar-refractivity contribution in [1.29, 1.82) is 0 Å². The van der Waals surface area contributed by atoms with Crippen LogP contribution in [0.3, 0.4) is 0 Å². The van der Waals surface area contributed by atoms with Crippen molar-refractivity contribution in [2.24, 2.45) is 11.8 Å². The lowest BCUT2D eigenvalue weighted by molar-refractivity contribution is -0.170. The van der Waals surface area contributed by atoms with E-state index in [1.807, 2.05) is 47.2 Å². The molecule has 4 atom stereocenters. The maximum atomic E-state index is 13.5. The molecule has 3 aromatic rings. The van der Waals surface area contributed by atoms with Crippen molar-refractivity contribution in [3.8, 4) is 5.75 Å². The molecule has 2 aliphatic carbocycles. The second-order valence-electron chi connectivity index (χ2n) is 9.59. The number of benzene rings is 1. The van der Waals surface area contributed by atoms with Crippen LogP contribution in [-0.2, 0) is 15.1 Å². The van der Waals surface area contributed by atoms with Crippen LogP contribution in [0.25, 0.3) is 0 Å². The van der Waals surface area contributed by atoms with Gasteiger partial charge in [0.15, 0.2) is 0 Å². The van der Waals surface area contributed by atoms with Crippen molar-refractivity contribution in [2.75, 3.05) is 25.9 Å². The van der Waals surface area contributed by atoms with Gasteiger partial charge in [-0.1, -0.05) is 12.1 Å². The van der Waals surface area contributed by atoms with E-state index in [9.17, 15) is 9.90 Å². The second kappa shape index (κ2) is 10.3. The minimum Gasteiger partial charge on any atom is -0.494 e. The van der Waals surface area contributed by atoms with Gasteiger partial charge in [-0.2, -0.15) is 0 Å². The van der Waals surface area contributed by atoms with E-state index in [4.69, 9.17) is 15.2 Å². The van der Waals surface area contributed by atoms with Gasteiger partial charge in [0, 0.05) is 24.2 Å². The lowest BCUT2D eigenvalue weighted by atomic mass is 9.94. The molecular formula is C27H32N2O4S2. The molecule has 2 heterocycles. The number of esters is 1. The van der Waals surface area contributed by atoms with Gasteiger partial charge in [0.2, 0.25) is 5.60 Å². The number of aliphatic hydroxyl groups is 1. The average molecular weight is 513 g/mol. The Morgan fingerprint density at radius 2 is 1.80 bits per heavy atom. The molecule has 2 aliphatic rings. The van der Waals surface area contributed by atoms with Gasteiger partial charge in [-0.25, -0.2) is 4.79 Å². The number of nitrogen functional groups attached to an aromatic ring is 1. The minimum absolute atomic E-state index is 0.146. The molecule has 0 saturated heterocycles. The largest absolute Gasteiger partial charge is 0.494 e. The molecule has 0 spiro atoms. The van der Waals surface area contributed by atoms with Crippen LogP contribution in [0.4, 0.5) is 5.69 Å². The third-order valence-electron chi connectivity index (χ3n) is 7.46. The van der Waals surface area contributed by atoms with Crippen molar-refractivity contribution >= 4 is 34.3 Å². The number of nitrogens with zero attached hydrogens (tertiary/aromatic N) is 1. The maximum absolute atomic E-state index is 13.5. The van der Waals surface area contributed by atoms with E-state index in [0.29, 0.717) is 34.2 Å². The van der Waals surface area contributed by atoms with E-state index in [-0.39, 0.29) is 6.10 Å². The zero-order valence-electron chi connectivity index (χ0n) is 19.8. The van der Waals surface area contributed by atoms with E-state index in [1.165, 1.54) is 22.7 Å². The number of ether oxygens (including phenoxy) is 2. The number of thiophene rings is 2. The highest BCUT2D eigenvalue weighted by Crippen LogP contribution is 2.49. The monoisotopic (exact) mass is 512 g/mol. The molecule has 8 heteroatoms. The van der Waals surface area contributed by atoms with Gasteiger partial charge in [-0.05, 0) is 85.8 Å². The first-order valence-electron chi connectivity index (χ1n) is 12.2. The summed E-state index contributed by atoms with van der Waals surface area (Å²) in [6, 6.07) is 15.2. The van der Waals surface area contributed by atoms with Crippen molar-refractivity contribution in [3.63, 3.8) is 0 Å². The summed E-state index contributed by atoms with van der Waals surface area (Å²) >= 11 is 2.75. The van der Waals surface area contributed by atoms with Crippen molar-refractivity contribution in [3.05, 3.63) is 69.0 Å². The Labute approximate surface area is 214 Å². The Balaban J connectivity index is 1.19. The molecule has 2 bridgehead atoms. The summed E-state index contributed by atoms with van der Waals surface area (Å²) < 4.78 is 12.0. The molecule has 3 N–H and O–H groups in total. The first-order chi connectivity index (χ1) is 17.0. The highest BCUT2D eigenvalue weighted by atomic mass is 32.1. The molecule has 1 aromatic carbocycles. The molecule has 2 saturated carbocycles. The van der Waals surface area contributed by atoms with Gasteiger partial charge in [0.1, 0.15) is 11.9 Å². The summed E-state index contributed by atoms with van der Waals surface area (Å²) in [4.78, 5) is 17.1. The predicted molar refractivity (Wildman–Crippen MR) is 140 cm³/mol. The third kappa shape index (κ3) is 4.85. The van der Waals surface area contributed by atoms with Crippen LogP contribution >= 0.6 is 22.7 Å². The molecule has 0 radical (unpaired) electrons. The van der Waals surface area contributed by atoms with Gasteiger partial charge in [-0.3, -0.25) is 0 Å². The topological polar surface area (TPSA) is 85.0 Å². The van der Waals surface area contributed by atoms with E-state index >= 15 is 0 Å². The Bertz CT molecular complexity index is 1070. The number of nitrogens with two attached hydrogens (primary N) is 1. The summed E-state index contributed by atoms with van der Waals surface area (Å²) in [7, 11) is 2.15. The lowest BCUT2D eigenvalue weighted by Gasteiger charge is -2.32. The van der Waals surface area contributed by atoms with Crippen LogP contribution < -0.4 is 10.5 Å². The SMILES string of the molecule is CN(CCCOc1ccc(N)cc1)C1CC2CCC1C2OC(=O)C(O)(c1cccs1)c1cccs1. The zero-order valence-corrected chi connectivity index (χ0v) is 21.5. The molecule has 186 valence electrons. The Hall–Kier alpha value is -2.39. The molecule has 5 rings (SSSR count). The minimum atomic E-state index is -1.74. The van der Waals surface area contributed by atoms with Crippen LogP contribution in [0, 0.1) is 11.8 Å². The lowest BCUT2D eigenvalue weighted by Crippen LogP contribution is -2.42. The van der Waals surface area contributed by atoms with E-state index in [0.717, 1.165) is 43.7 Å². The molecule has 35 heavy (non-hydrogen) atoms. The molecule has 2 aromatic heterocycles. The van der Waals surface area contributed by atoms with Crippen LogP contribution in [0.5, 0.6) is 5.75 Å². The van der Waals surface area contributed by atoms with Crippen LogP contribution in [0.15, 0.2) is 59.3 Å². The quantitative estimate of drug-likeness (QED) is 0.232. The fraction of sp³-hybridized carbons (Fsp3) is 0.444. The summed E-state index contributed by atoms with van der Waals surface area (Å²) in [6.45, 7) is 1.56. The Morgan fingerprint density at radius 1 is 1.11 bits per heavy atom. The maximum Gasteiger partial charge on any atom is 0.349 e. The normalized spacial score (nSPS) is 23.6. The van der Waals surface area contributed by atoms with Crippen LogP contribution in [0.1, 0.15) is 35.4 Å². The van der Waals surface area contributed by atoms with E-state index in [2.05, 4.69) is 11.9 Å². The fourth-order valence-corrected chi connectivity index (χ4v) is 7.37. The van der Waals surface area contributed by atoms with E-state index in [1.54, 1.807) is 12.1 Å². The summed E-state index contributed by atoms with van der Waals surface area (Å²) in [5.74, 6) is 0.920. The number of hydrogen-bond acceptors (Lipinski definition) is 8. The summed E-state index contributed by atoms with van der Waals surface area (Å²) in [5.41, 5.74) is 4.71. The zero-order chi connectivity index (χ0) is 24.4. The fourth-order valence-electron chi connectivity index (χ4n) is 5.66. The van der Waals surface area contributed by atoms with Gasteiger partial charge >= 0.3 is 5.97 Å². The molecule has 4 unspecified atom stereocenters. The van der Waals surface area contributed by atoms with Gasteiger partial charge < -0.3 is 25.2 Å². The standard InChI is InChI=1S/C27H32N2O4S2/c1-29(13-4-14-32-20-10-8-19(28)9-11-20)22-17-18-7-12-21(22)25(18)33-26(30)27(31,23-5-2-15-34-23)24-6-3-16-35-24/h2-3,5-6,8-11,15-16,18,21-22,25,31H,4,7,12-14,17,28H2,1H3.